The second kappa shape index (κ2) is 15.5. The first-order chi connectivity index (χ1) is 11.7. The maximum atomic E-state index is 8.85. The van der Waals surface area contributed by atoms with Gasteiger partial charge in [-0.1, -0.05) is 24.3 Å². The molecule has 2 aromatic carbocycles. The van der Waals surface area contributed by atoms with Gasteiger partial charge < -0.3 is 22.6 Å². The van der Waals surface area contributed by atoms with E-state index in [-0.39, 0.29) is 65.3 Å². The molecule has 1 N–H and O–H groups in total. The van der Waals surface area contributed by atoms with Crippen LogP contribution in [-0.2, 0) is 4.79 Å². The second-order valence-corrected chi connectivity index (χ2v) is 4.49. The van der Waals surface area contributed by atoms with Crippen molar-refractivity contribution in [2.45, 2.75) is 6.92 Å². The second-order valence-electron chi connectivity index (χ2n) is 4.49. The number of carbonyl (C=O) groups is 1. The van der Waals surface area contributed by atoms with Gasteiger partial charge in [-0.05, 0) is 24.3 Å². The number of ether oxygens (including phenoxy) is 1. The molecule has 2 rings (SSSR count). The molecule has 0 unspecified atom stereocenters. The summed E-state index contributed by atoms with van der Waals surface area (Å²) < 4.78 is 5.14. The molecule has 0 spiro atoms. The largest absolute Gasteiger partial charge is 1.00 e. The van der Waals surface area contributed by atoms with Crippen LogP contribution in [0.3, 0.4) is 0 Å². The first-order valence-electron chi connectivity index (χ1n) is 7.12. The maximum Gasteiger partial charge on any atom is 1.00 e. The molecule has 0 amide bonds. The summed E-state index contributed by atoms with van der Waals surface area (Å²) in [6, 6.07) is 17.1. The van der Waals surface area contributed by atoms with Gasteiger partial charge in [0.2, 0.25) is 0 Å². The van der Waals surface area contributed by atoms with Gasteiger partial charge in [-0.25, -0.2) is 12.5 Å². The summed E-state index contributed by atoms with van der Waals surface area (Å²) >= 11 is 0. The third kappa shape index (κ3) is 9.09. The third-order valence-corrected chi connectivity index (χ3v) is 2.96. The van der Waals surface area contributed by atoms with E-state index in [9.17, 15) is 0 Å². The van der Waals surface area contributed by atoms with Crippen LogP contribution in [-0.4, -0.2) is 18.7 Å². The maximum absolute atomic E-state index is 8.85. The average Bonchev–Trinajstić information content (AvgIpc) is 2.63. The Morgan fingerprint density at radius 3 is 2.15 bits per heavy atom. The zero-order valence-corrected chi connectivity index (χ0v) is 18.6. The van der Waals surface area contributed by atoms with E-state index in [1.165, 1.54) is 0 Å². The van der Waals surface area contributed by atoms with Gasteiger partial charge in [-0.15, -0.1) is 18.2 Å². The zero-order valence-electron chi connectivity index (χ0n) is 15.5. The van der Waals surface area contributed by atoms with Crippen LogP contribution >= 0.6 is 0 Å². The third-order valence-electron chi connectivity index (χ3n) is 2.96. The molecule has 0 aromatic heterocycles. The Hall–Kier alpha value is -1.75. The molecule has 0 heterocycles. The number of hydrogen-bond acceptors (Lipinski definition) is 3. The summed E-state index contributed by atoms with van der Waals surface area (Å²) in [6.45, 7) is 1.70. The van der Waals surface area contributed by atoms with Gasteiger partial charge >= 0.3 is 51.4 Å². The SMILES string of the molecule is C[CH-]/C=C(\[N-]c1ccc(OC)cc1)c1ccc(C#N)cc1.O=CO.[CH3-].[K+]. The molecule has 0 saturated heterocycles. The Bertz CT molecular complexity index is 705. The molecule has 0 aliphatic heterocycles. The van der Waals surface area contributed by atoms with Crippen molar-refractivity contribution < 1.29 is 66.0 Å². The number of carboxylic acid groups (broad SMARTS) is 1. The van der Waals surface area contributed by atoms with E-state index in [0.717, 1.165) is 22.7 Å². The molecule has 0 saturated carbocycles. The minimum Gasteiger partial charge on any atom is -0.743 e. The fourth-order valence-electron chi connectivity index (χ4n) is 1.87. The quantitative estimate of drug-likeness (QED) is 0.491. The summed E-state index contributed by atoms with van der Waals surface area (Å²) in [5.41, 5.74) is 3.33. The molecule has 132 valence electrons. The van der Waals surface area contributed by atoms with Gasteiger partial charge in [-0.3, -0.25) is 10.5 Å². The topological polar surface area (TPSA) is 84.4 Å². The molecule has 0 fully saturated rings. The summed E-state index contributed by atoms with van der Waals surface area (Å²) in [5.74, 6) is 0.805. The Morgan fingerprint density at radius 1 is 1.19 bits per heavy atom. The summed E-state index contributed by atoms with van der Waals surface area (Å²) in [5, 5.41) is 20.4. The first kappa shape index (κ1) is 26.5. The number of allylic oxidation sites excluding steroid dienone is 1. The first-order valence-corrected chi connectivity index (χ1v) is 7.12. The molecule has 6 heteroatoms. The van der Waals surface area contributed by atoms with E-state index >= 15 is 0 Å². The fraction of sp³-hybridized carbons (Fsp3) is 0.100. The molecular weight excluding hydrogens is 355 g/mol. The van der Waals surface area contributed by atoms with Gasteiger partial charge in [0.1, 0.15) is 5.75 Å². The van der Waals surface area contributed by atoms with Crippen LogP contribution in [0.4, 0.5) is 5.69 Å². The van der Waals surface area contributed by atoms with Crippen LogP contribution in [0.5, 0.6) is 5.75 Å². The standard InChI is InChI=1S/C18H16N2O.CH2O2.CH3.K/c1-3-4-18(15-7-5-14(13-19)6-8-15)20-16-9-11-17(21-2)12-10-16;2-1-3;;/h3-12H,1-2H3;1H,(H,2,3);1H3;/q-2;;-1;+1/b18-4-;;;. The van der Waals surface area contributed by atoms with Crippen LogP contribution in [0.15, 0.2) is 54.6 Å². The summed E-state index contributed by atoms with van der Waals surface area (Å²) in [7, 11) is 1.64. The predicted molar refractivity (Wildman–Crippen MR) is 100 cm³/mol. The number of nitriles is 1. The van der Waals surface area contributed by atoms with Crippen molar-refractivity contribution in [1.29, 1.82) is 5.26 Å². The van der Waals surface area contributed by atoms with Gasteiger partial charge in [0.25, 0.3) is 6.47 Å². The number of rotatable bonds is 5. The van der Waals surface area contributed by atoms with E-state index in [2.05, 4.69) is 11.4 Å². The zero-order chi connectivity index (χ0) is 17.8. The van der Waals surface area contributed by atoms with E-state index in [0.29, 0.717) is 5.56 Å². The number of methoxy groups -OCH3 is 1. The molecule has 0 aliphatic rings. The van der Waals surface area contributed by atoms with Crippen LogP contribution in [0, 0.1) is 25.2 Å². The van der Waals surface area contributed by atoms with Gasteiger partial charge in [0.15, 0.2) is 0 Å². The molecule has 0 radical (unpaired) electrons. The Labute approximate surface area is 198 Å². The van der Waals surface area contributed by atoms with E-state index in [1.54, 1.807) is 19.2 Å². The van der Waals surface area contributed by atoms with Crippen LogP contribution < -0.4 is 56.1 Å². The van der Waals surface area contributed by atoms with Crippen LogP contribution in [0.1, 0.15) is 18.1 Å². The Morgan fingerprint density at radius 2 is 1.73 bits per heavy atom. The van der Waals surface area contributed by atoms with E-state index in [4.69, 9.17) is 19.9 Å². The van der Waals surface area contributed by atoms with E-state index < -0.39 is 0 Å². The van der Waals surface area contributed by atoms with Gasteiger partial charge in [0.05, 0.1) is 18.7 Å². The van der Waals surface area contributed by atoms with Crippen molar-refractivity contribution in [2.75, 3.05) is 7.11 Å². The van der Waals surface area contributed by atoms with Crippen LogP contribution in [0.2, 0.25) is 0 Å². The van der Waals surface area contributed by atoms with Gasteiger partial charge in [0, 0.05) is 0 Å². The van der Waals surface area contributed by atoms with Crippen molar-refractivity contribution in [1.82, 2.24) is 0 Å². The van der Waals surface area contributed by atoms with Crippen molar-refractivity contribution in [3.63, 3.8) is 0 Å². The minimum atomic E-state index is -0.250. The summed E-state index contributed by atoms with van der Waals surface area (Å²) in [6.07, 6.45) is 3.90. The fourth-order valence-corrected chi connectivity index (χ4v) is 1.87. The van der Waals surface area contributed by atoms with Crippen molar-refractivity contribution in [2.24, 2.45) is 0 Å². The number of benzene rings is 2. The van der Waals surface area contributed by atoms with E-state index in [1.807, 2.05) is 55.8 Å². The monoisotopic (exact) mass is 376 g/mol. The molecule has 0 bridgehead atoms. The number of hydrogen-bond donors (Lipinski definition) is 1. The molecule has 26 heavy (non-hydrogen) atoms. The van der Waals surface area contributed by atoms with Crippen LogP contribution in [0.25, 0.3) is 11.0 Å². The normalized spacial score (nSPS) is 9.04. The Balaban J connectivity index is 0. The molecular formula is C20H21KN2O3-2. The molecule has 2 aromatic rings. The van der Waals surface area contributed by atoms with Gasteiger partial charge in [-0.2, -0.15) is 5.26 Å². The predicted octanol–water partition coefficient (Wildman–Crippen LogP) is 1.99. The molecule has 5 nitrogen and oxygen atoms in total. The van der Waals surface area contributed by atoms with Crippen molar-refractivity contribution >= 4 is 17.9 Å². The van der Waals surface area contributed by atoms with Crippen molar-refractivity contribution in [3.05, 3.63) is 84.9 Å². The number of nitrogens with zero attached hydrogens (tertiary/aromatic N) is 2. The van der Waals surface area contributed by atoms with Crippen molar-refractivity contribution in [3.8, 4) is 11.8 Å². The minimum absolute atomic E-state index is 0. The average molecular weight is 376 g/mol. The Kier molecular flexibility index (Phi) is 15.8. The molecule has 0 aliphatic carbocycles. The molecule has 0 atom stereocenters. The summed E-state index contributed by atoms with van der Waals surface area (Å²) in [4.78, 5) is 8.36. The smallest absolute Gasteiger partial charge is 0.743 e.